The number of rotatable bonds is 5. The van der Waals surface area contributed by atoms with Gasteiger partial charge < -0.3 is 0 Å². The van der Waals surface area contributed by atoms with E-state index in [0.29, 0.717) is 27.6 Å². The summed E-state index contributed by atoms with van der Waals surface area (Å²) in [5.41, 5.74) is 3.37. The van der Waals surface area contributed by atoms with Gasteiger partial charge in [0.2, 0.25) is 0 Å². The van der Waals surface area contributed by atoms with Crippen LogP contribution in [-0.2, 0) is 5.75 Å². The molecule has 0 aliphatic rings. The van der Waals surface area contributed by atoms with Crippen LogP contribution in [0, 0.1) is 19.7 Å². The van der Waals surface area contributed by atoms with Crippen LogP contribution in [-0.4, -0.2) is 29.8 Å². The Hall–Kier alpha value is -3.85. The number of para-hydroxylation sites is 3. The van der Waals surface area contributed by atoms with Crippen molar-refractivity contribution in [1.82, 2.24) is 29.8 Å². The first-order valence-corrected chi connectivity index (χ1v) is 11.3. The minimum absolute atomic E-state index is 0.151. The summed E-state index contributed by atoms with van der Waals surface area (Å²) in [7, 11) is 0. The molecule has 2 aromatic heterocycles. The van der Waals surface area contributed by atoms with Crippen LogP contribution in [0.5, 0.6) is 0 Å². The first-order chi connectivity index (χ1) is 16.0. The van der Waals surface area contributed by atoms with E-state index in [1.807, 2.05) is 38.1 Å². The SMILES string of the molecule is Cc1cccc(C)c1-n1nnnc1CSc1nc2ccccc2c(=O)n1-c1ccccc1F. The molecule has 0 saturated carbocycles. The molecule has 0 fully saturated rings. The van der Waals surface area contributed by atoms with Crippen molar-refractivity contribution in [2.24, 2.45) is 0 Å². The standard InChI is InChI=1S/C24H19FN6OS/c1-15-8-7-9-16(2)22(15)31-21(27-28-29-31)14-33-24-26-19-12-5-3-10-17(19)23(32)30(24)20-13-6-4-11-18(20)25/h3-13H,14H2,1-2H3. The lowest BCUT2D eigenvalue weighted by atomic mass is 10.1. The fraction of sp³-hybridized carbons (Fsp3) is 0.125. The number of hydrogen-bond acceptors (Lipinski definition) is 6. The molecule has 0 radical (unpaired) electrons. The molecule has 5 aromatic rings. The summed E-state index contributed by atoms with van der Waals surface area (Å²) in [6, 6.07) is 19.2. The molecule has 0 bridgehead atoms. The lowest BCUT2D eigenvalue weighted by Gasteiger charge is -2.14. The van der Waals surface area contributed by atoms with Gasteiger partial charge in [-0.05, 0) is 59.7 Å². The van der Waals surface area contributed by atoms with Crippen LogP contribution in [0.3, 0.4) is 0 Å². The molecule has 5 rings (SSSR count). The van der Waals surface area contributed by atoms with Crippen LogP contribution in [0.25, 0.3) is 22.3 Å². The number of thioether (sulfide) groups is 1. The number of aromatic nitrogens is 6. The van der Waals surface area contributed by atoms with E-state index in [-0.39, 0.29) is 11.2 Å². The molecule has 3 aromatic carbocycles. The van der Waals surface area contributed by atoms with Gasteiger partial charge in [0.15, 0.2) is 11.0 Å². The van der Waals surface area contributed by atoms with Crippen LogP contribution in [0.4, 0.5) is 4.39 Å². The average molecular weight is 459 g/mol. The van der Waals surface area contributed by atoms with Crippen molar-refractivity contribution in [1.29, 1.82) is 0 Å². The summed E-state index contributed by atoms with van der Waals surface area (Å²) in [6.45, 7) is 4.00. The van der Waals surface area contributed by atoms with Gasteiger partial charge >= 0.3 is 0 Å². The molecule has 164 valence electrons. The third-order valence-corrected chi connectivity index (χ3v) is 6.29. The Morgan fingerprint density at radius 1 is 0.939 bits per heavy atom. The zero-order valence-corrected chi connectivity index (χ0v) is 18.8. The highest BCUT2D eigenvalue weighted by Gasteiger charge is 2.18. The Morgan fingerprint density at radius 2 is 1.67 bits per heavy atom. The summed E-state index contributed by atoms with van der Waals surface area (Å²) in [5.74, 6) is 0.429. The summed E-state index contributed by atoms with van der Waals surface area (Å²) >= 11 is 1.28. The first kappa shape index (κ1) is 21.0. The van der Waals surface area contributed by atoms with Crippen LogP contribution < -0.4 is 5.56 Å². The Balaban J connectivity index is 1.60. The van der Waals surface area contributed by atoms with Gasteiger partial charge in [-0.2, -0.15) is 4.68 Å². The average Bonchev–Trinajstić information content (AvgIpc) is 3.27. The van der Waals surface area contributed by atoms with Crippen molar-refractivity contribution in [2.45, 2.75) is 24.8 Å². The number of hydrogen-bond donors (Lipinski definition) is 0. The largest absolute Gasteiger partial charge is 0.268 e. The smallest absolute Gasteiger partial charge is 0.266 e. The van der Waals surface area contributed by atoms with Crippen molar-refractivity contribution in [3.8, 4) is 11.4 Å². The Kier molecular flexibility index (Phi) is 5.47. The van der Waals surface area contributed by atoms with Crippen molar-refractivity contribution in [3.63, 3.8) is 0 Å². The Bertz CT molecular complexity index is 1520. The number of nitrogens with zero attached hydrogens (tertiary/aromatic N) is 6. The van der Waals surface area contributed by atoms with E-state index in [1.165, 1.54) is 22.4 Å². The van der Waals surface area contributed by atoms with Gasteiger partial charge in [0, 0.05) is 0 Å². The monoisotopic (exact) mass is 458 g/mol. The molecule has 0 aliphatic carbocycles. The molecule has 9 heteroatoms. The van der Waals surface area contributed by atoms with Gasteiger partial charge in [0.25, 0.3) is 5.56 Å². The third-order valence-electron chi connectivity index (χ3n) is 5.35. The molecule has 0 amide bonds. The molecule has 7 nitrogen and oxygen atoms in total. The van der Waals surface area contributed by atoms with Gasteiger partial charge in [-0.3, -0.25) is 9.36 Å². The van der Waals surface area contributed by atoms with E-state index in [4.69, 9.17) is 0 Å². The Morgan fingerprint density at radius 3 is 2.45 bits per heavy atom. The van der Waals surface area contributed by atoms with E-state index in [2.05, 4.69) is 20.5 Å². The van der Waals surface area contributed by atoms with Crippen LogP contribution in [0.1, 0.15) is 17.0 Å². The molecular weight excluding hydrogens is 439 g/mol. The van der Waals surface area contributed by atoms with Crippen molar-refractivity contribution >= 4 is 22.7 Å². The molecule has 0 saturated heterocycles. The topological polar surface area (TPSA) is 78.5 Å². The van der Waals surface area contributed by atoms with Crippen LogP contribution >= 0.6 is 11.8 Å². The fourth-order valence-corrected chi connectivity index (χ4v) is 4.70. The highest BCUT2D eigenvalue weighted by atomic mass is 32.2. The van der Waals surface area contributed by atoms with Gasteiger partial charge in [-0.15, -0.1) is 5.10 Å². The molecule has 33 heavy (non-hydrogen) atoms. The van der Waals surface area contributed by atoms with Crippen molar-refractivity contribution in [3.05, 3.63) is 99.9 Å². The third kappa shape index (κ3) is 3.80. The van der Waals surface area contributed by atoms with E-state index in [1.54, 1.807) is 41.1 Å². The minimum atomic E-state index is -0.501. The highest BCUT2D eigenvalue weighted by Crippen LogP contribution is 2.26. The number of halogens is 1. The predicted octanol–water partition coefficient (Wildman–Crippen LogP) is 4.41. The zero-order valence-electron chi connectivity index (χ0n) is 17.9. The van der Waals surface area contributed by atoms with Crippen molar-refractivity contribution < 1.29 is 4.39 Å². The number of aryl methyl sites for hydroxylation is 2. The summed E-state index contributed by atoms with van der Waals surface area (Å²) < 4.78 is 17.7. The lowest BCUT2D eigenvalue weighted by molar-refractivity contribution is 0.608. The molecule has 2 heterocycles. The molecule has 0 unspecified atom stereocenters. The van der Waals surface area contributed by atoms with Gasteiger partial charge in [0.05, 0.1) is 28.0 Å². The molecule has 0 aliphatic heterocycles. The maximum atomic E-state index is 14.7. The Labute approximate surface area is 192 Å². The first-order valence-electron chi connectivity index (χ1n) is 10.3. The van der Waals surface area contributed by atoms with E-state index in [9.17, 15) is 9.18 Å². The zero-order chi connectivity index (χ0) is 22.9. The minimum Gasteiger partial charge on any atom is -0.268 e. The number of tetrazole rings is 1. The van der Waals surface area contributed by atoms with Crippen LogP contribution in [0.15, 0.2) is 76.7 Å². The second-order valence-electron chi connectivity index (χ2n) is 7.54. The van der Waals surface area contributed by atoms with E-state index in [0.717, 1.165) is 16.8 Å². The second-order valence-corrected chi connectivity index (χ2v) is 8.48. The predicted molar refractivity (Wildman–Crippen MR) is 125 cm³/mol. The summed E-state index contributed by atoms with van der Waals surface area (Å²) in [4.78, 5) is 18.0. The second kappa shape index (κ2) is 8.59. The molecular formula is C24H19FN6OS. The van der Waals surface area contributed by atoms with E-state index < -0.39 is 5.82 Å². The maximum Gasteiger partial charge on any atom is 0.266 e. The molecule has 0 spiro atoms. The quantitative estimate of drug-likeness (QED) is 0.287. The van der Waals surface area contributed by atoms with E-state index >= 15 is 0 Å². The van der Waals surface area contributed by atoms with Crippen LogP contribution in [0.2, 0.25) is 0 Å². The molecule has 0 atom stereocenters. The van der Waals surface area contributed by atoms with Gasteiger partial charge in [0.1, 0.15) is 5.82 Å². The summed E-state index contributed by atoms with van der Waals surface area (Å²) in [6.07, 6.45) is 0. The summed E-state index contributed by atoms with van der Waals surface area (Å²) in [5, 5.41) is 13.0. The lowest BCUT2D eigenvalue weighted by Crippen LogP contribution is -2.22. The number of benzene rings is 3. The maximum absolute atomic E-state index is 14.7. The van der Waals surface area contributed by atoms with Crippen molar-refractivity contribution in [2.75, 3.05) is 0 Å². The number of fused-ring (bicyclic) bond motifs is 1. The normalized spacial score (nSPS) is 11.2. The fourth-order valence-electron chi connectivity index (χ4n) is 3.79. The molecule has 0 N–H and O–H groups in total. The highest BCUT2D eigenvalue weighted by molar-refractivity contribution is 7.98. The van der Waals surface area contributed by atoms with Gasteiger partial charge in [-0.25, -0.2) is 9.37 Å². The van der Waals surface area contributed by atoms with Gasteiger partial charge in [-0.1, -0.05) is 54.2 Å².